The van der Waals surface area contributed by atoms with Crippen LogP contribution in [0, 0.1) is 6.92 Å². The average molecular weight is 387 g/mol. The standard InChI is InChI=1S/C14H18N4O3S3/c1-10-16-17-14(23-10)15-13(19)12-8-11(9-22-12)24(20,21)18-6-4-2-3-5-7-18/h8-9H,2-7H2,1H3,(H,15,17,19). The first kappa shape index (κ1) is 17.5. The molecule has 0 spiro atoms. The summed E-state index contributed by atoms with van der Waals surface area (Å²) >= 11 is 2.39. The maximum absolute atomic E-state index is 12.7. The van der Waals surface area contributed by atoms with E-state index in [9.17, 15) is 13.2 Å². The number of nitrogens with zero attached hydrogens (tertiary/aromatic N) is 3. The molecule has 1 saturated heterocycles. The fourth-order valence-electron chi connectivity index (χ4n) is 2.51. The van der Waals surface area contributed by atoms with Crippen molar-refractivity contribution in [3.63, 3.8) is 0 Å². The molecule has 0 aromatic carbocycles. The van der Waals surface area contributed by atoms with Crippen LogP contribution in [-0.4, -0.2) is 41.9 Å². The third-order valence-electron chi connectivity index (χ3n) is 3.75. The quantitative estimate of drug-likeness (QED) is 0.872. The van der Waals surface area contributed by atoms with Gasteiger partial charge in [0.25, 0.3) is 5.91 Å². The molecule has 0 aliphatic carbocycles. The lowest BCUT2D eigenvalue weighted by atomic mass is 10.2. The zero-order valence-corrected chi connectivity index (χ0v) is 15.6. The van der Waals surface area contributed by atoms with E-state index in [2.05, 4.69) is 15.5 Å². The molecule has 1 fully saturated rings. The van der Waals surface area contributed by atoms with E-state index < -0.39 is 10.0 Å². The zero-order chi connectivity index (χ0) is 17.2. The number of carbonyl (C=O) groups excluding carboxylic acids is 1. The Morgan fingerprint density at radius 1 is 1.21 bits per heavy atom. The van der Waals surface area contributed by atoms with Crippen molar-refractivity contribution < 1.29 is 13.2 Å². The fraction of sp³-hybridized carbons (Fsp3) is 0.500. The number of thiophene rings is 1. The van der Waals surface area contributed by atoms with Gasteiger partial charge in [0.05, 0.1) is 9.77 Å². The summed E-state index contributed by atoms with van der Waals surface area (Å²) in [5.74, 6) is -0.367. The van der Waals surface area contributed by atoms with Crippen LogP contribution in [0.25, 0.3) is 0 Å². The fourth-order valence-corrected chi connectivity index (χ4v) is 5.77. The van der Waals surface area contributed by atoms with E-state index in [1.54, 1.807) is 6.92 Å². The van der Waals surface area contributed by atoms with Gasteiger partial charge in [-0.1, -0.05) is 24.2 Å². The molecule has 130 valence electrons. The van der Waals surface area contributed by atoms with Crippen LogP contribution in [0.4, 0.5) is 5.13 Å². The molecule has 10 heteroatoms. The molecule has 3 rings (SSSR count). The number of nitrogens with one attached hydrogen (secondary N) is 1. The minimum absolute atomic E-state index is 0.188. The first-order valence-corrected chi connectivity index (χ1v) is 10.8. The van der Waals surface area contributed by atoms with Crippen molar-refractivity contribution in [1.29, 1.82) is 0 Å². The molecule has 0 atom stereocenters. The van der Waals surface area contributed by atoms with E-state index in [1.165, 1.54) is 27.1 Å². The number of hydrogen-bond donors (Lipinski definition) is 1. The van der Waals surface area contributed by atoms with E-state index in [4.69, 9.17) is 0 Å². The first-order valence-electron chi connectivity index (χ1n) is 7.67. The Morgan fingerprint density at radius 3 is 2.54 bits per heavy atom. The smallest absolute Gasteiger partial charge is 0.267 e. The molecule has 0 radical (unpaired) electrons. The van der Waals surface area contributed by atoms with Crippen LogP contribution in [-0.2, 0) is 10.0 Å². The summed E-state index contributed by atoms with van der Waals surface area (Å²) < 4.78 is 27.0. The molecule has 2 aromatic rings. The molecular weight excluding hydrogens is 368 g/mol. The van der Waals surface area contributed by atoms with Crippen LogP contribution in [0.5, 0.6) is 0 Å². The summed E-state index contributed by atoms with van der Waals surface area (Å²) in [5.41, 5.74) is 0. The third-order valence-corrected chi connectivity index (χ3v) is 7.46. The van der Waals surface area contributed by atoms with Crippen LogP contribution in [0.2, 0.25) is 0 Å². The maximum Gasteiger partial charge on any atom is 0.267 e. The molecule has 1 aliphatic rings. The van der Waals surface area contributed by atoms with Gasteiger partial charge in [0, 0.05) is 18.5 Å². The molecule has 2 aromatic heterocycles. The third kappa shape index (κ3) is 3.82. The Morgan fingerprint density at radius 2 is 1.92 bits per heavy atom. The number of anilines is 1. The van der Waals surface area contributed by atoms with Crippen molar-refractivity contribution in [2.24, 2.45) is 0 Å². The lowest BCUT2D eigenvalue weighted by Crippen LogP contribution is -2.31. The normalized spacial score (nSPS) is 16.7. The largest absolute Gasteiger partial charge is 0.296 e. The lowest BCUT2D eigenvalue weighted by molar-refractivity contribution is 0.103. The number of rotatable bonds is 4. The van der Waals surface area contributed by atoms with Crippen molar-refractivity contribution in [2.75, 3.05) is 18.4 Å². The number of carbonyl (C=O) groups is 1. The highest BCUT2D eigenvalue weighted by Gasteiger charge is 2.27. The zero-order valence-electron chi connectivity index (χ0n) is 13.2. The van der Waals surface area contributed by atoms with Gasteiger partial charge in [-0.2, -0.15) is 4.31 Å². The first-order chi connectivity index (χ1) is 11.5. The molecule has 1 amide bonds. The van der Waals surface area contributed by atoms with Gasteiger partial charge in [-0.3, -0.25) is 10.1 Å². The van der Waals surface area contributed by atoms with Crippen molar-refractivity contribution in [1.82, 2.24) is 14.5 Å². The monoisotopic (exact) mass is 386 g/mol. The second kappa shape index (κ2) is 7.26. The molecule has 7 nitrogen and oxygen atoms in total. The van der Waals surface area contributed by atoms with Crippen LogP contribution in [0.3, 0.4) is 0 Å². The number of hydrogen-bond acceptors (Lipinski definition) is 7. The average Bonchev–Trinajstić information content (AvgIpc) is 3.09. The van der Waals surface area contributed by atoms with E-state index in [1.807, 2.05) is 0 Å². The summed E-state index contributed by atoms with van der Waals surface area (Å²) in [6.07, 6.45) is 3.88. The Bertz CT molecular complexity index is 820. The summed E-state index contributed by atoms with van der Waals surface area (Å²) in [7, 11) is -3.53. The Balaban J connectivity index is 1.75. The molecule has 3 heterocycles. The van der Waals surface area contributed by atoms with Gasteiger partial charge in [-0.15, -0.1) is 21.5 Å². The van der Waals surface area contributed by atoms with Gasteiger partial charge in [-0.25, -0.2) is 8.42 Å². The van der Waals surface area contributed by atoms with Crippen LogP contribution < -0.4 is 5.32 Å². The van der Waals surface area contributed by atoms with Gasteiger partial charge in [0.1, 0.15) is 5.01 Å². The highest BCUT2D eigenvalue weighted by Crippen LogP contribution is 2.26. The molecule has 0 bridgehead atoms. The van der Waals surface area contributed by atoms with Crippen molar-refractivity contribution in [2.45, 2.75) is 37.5 Å². The molecule has 0 saturated carbocycles. The predicted octanol–water partition coefficient (Wildman–Crippen LogP) is 2.73. The second-order valence-corrected chi connectivity index (χ2v) is 9.58. The Hall–Kier alpha value is -1.36. The van der Waals surface area contributed by atoms with Crippen LogP contribution >= 0.6 is 22.7 Å². The van der Waals surface area contributed by atoms with Gasteiger partial charge < -0.3 is 0 Å². The highest BCUT2D eigenvalue weighted by molar-refractivity contribution is 7.89. The van der Waals surface area contributed by atoms with E-state index in [0.717, 1.165) is 42.0 Å². The maximum atomic E-state index is 12.7. The molecule has 1 aliphatic heterocycles. The van der Waals surface area contributed by atoms with Crippen LogP contribution in [0.1, 0.15) is 40.4 Å². The summed E-state index contributed by atoms with van der Waals surface area (Å²) in [4.78, 5) is 12.8. The van der Waals surface area contributed by atoms with Crippen molar-refractivity contribution >= 4 is 43.7 Å². The second-order valence-electron chi connectivity index (χ2n) is 5.55. The van der Waals surface area contributed by atoms with Gasteiger partial charge >= 0.3 is 0 Å². The number of sulfonamides is 1. The Kier molecular flexibility index (Phi) is 5.28. The topological polar surface area (TPSA) is 92.3 Å². The van der Waals surface area contributed by atoms with Gasteiger partial charge in [-0.05, 0) is 25.8 Å². The van der Waals surface area contributed by atoms with Crippen LogP contribution in [0.15, 0.2) is 16.3 Å². The minimum atomic E-state index is -3.53. The minimum Gasteiger partial charge on any atom is -0.296 e. The highest BCUT2D eigenvalue weighted by atomic mass is 32.2. The van der Waals surface area contributed by atoms with E-state index in [-0.39, 0.29) is 10.8 Å². The Labute approximate surface area is 148 Å². The van der Waals surface area contributed by atoms with Gasteiger partial charge in [0.2, 0.25) is 15.2 Å². The SMILES string of the molecule is Cc1nnc(NC(=O)c2cc(S(=O)(=O)N3CCCCCC3)cs2)s1. The van der Waals surface area contributed by atoms with Crippen molar-refractivity contribution in [3.8, 4) is 0 Å². The number of amides is 1. The predicted molar refractivity (Wildman–Crippen MR) is 94.1 cm³/mol. The lowest BCUT2D eigenvalue weighted by Gasteiger charge is -2.18. The molecule has 0 unspecified atom stereocenters. The summed E-state index contributed by atoms with van der Waals surface area (Å²) in [6, 6.07) is 1.44. The van der Waals surface area contributed by atoms with Crippen molar-refractivity contribution in [3.05, 3.63) is 21.3 Å². The molecule has 24 heavy (non-hydrogen) atoms. The summed E-state index contributed by atoms with van der Waals surface area (Å²) in [6.45, 7) is 2.89. The van der Waals surface area contributed by atoms with Gasteiger partial charge in [0.15, 0.2) is 0 Å². The summed E-state index contributed by atoms with van der Waals surface area (Å²) in [5, 5.41) is 13.0. The number of aromatic nitrogens is 2. The number of aryl methyl sites for hydroxylation is 1. The van der Waals surface area contributed by atoms with E-state index >= 15 is 0 Å². The van der Waals surface area contributed by atoms with E-state index in [0.29, 0.717) is 23.1 Å². The molecule has 1 N–H and O–H groups in total. The molecular formula is C14H18N4O3S3.